The Hall–Kier alpha value is -1.94. The molecule has 1 aliphatic rings. The van der Waals surface area contributed by atoms with Gasteiger partial charge in [-0.05, 0) is 18.6 Å². The van der Waals surface area contributed by atoms with Crippen molar-refractivity contribution in [2.24, 2.45) is 0 Å². The van der Waals surface area contributed by atoms with Crippen LogP contribution < -0.4 is 0 Å². The minimum atomic E-state index is -3.05. The maximum atomic E-state index is 13.7. The van der Waals surface area contributed by atoms with Gasteiger partial charge < -0.3 is 9.32 Å². The molecule has 2 aromatic rings. The minimum absolute atomic E-state index is 0.00209. The predicted octanol–water partition coefficient (Wildman–Crippen LogP) is 1.61. The van der Waals surface area contributed by atoms with Crippen LogP contribution in [0.15, 0.2) is 33.9 Å². The molecule has 0 unspecified atom stereocenters. The Morgan fingerprint density at radius 3 is 2.84 bits per heavy atom. The van der Waals surface area contributed by atoms with Crippen molar-refractivity contribution in [3.05, 3.63) is 30.1 Å². The molecule has 1 atom stereocenters. The van der Waals surface area contributed by atoms with E-state index >= 15 is 0 Å². The minimum Gasteiger partial charge on any atom is -0.411 e. The molecular formula is C15H16FN3O4S2. The number of hydrogen-bond acceptors (Lipinski definition) is 7. The van der Waals surface area contributed by atoms with Gasteiger partial charge in [0.1, 0.15) is 5.82 Å². The molecule has 0 radical (unpaired) electrons. The average molecular weight is 385 g/mol. The number of benzene rings is 1. The fourth-order valence-electron chi connectivity index (χ4n) is 2.52. The zero-order valence-electron chi connectivity index (χ0n) is 13.4. The van der Waals surface area contributed by atoms with Crippen molar-refractivity contribution >= 4 is 27.5 Å². The van der Waals surface area contributed by atoms with Gasteiger partial charge in [-0.25, -0.2) is 12.8 Å². The van der Waals surface area contributed by atoms with E-state index in [0.717, 1.165) is 11.8 Å². The molecule has 3 rings (SSSR count). The van der Waals surface area contributed by atoms with E-state index in [1.807, 2.05) is 0 Å². The SMILES string of the molecule is CN(C(=O)CSc1nnc(-c2ccccc2F)o1)[C@H]1CCS(=O)(=O)C1. The van der Waals surface area contributed by atoms with Crippen molar-refractivity contribution < 1.29 is 22.0 Å². The standard InChI is InChI=1S/C15H16FN3O4S2/c1-19(10-6-7-25(21,22)9-10)13(20)8-24-15-18-17-14(23-15)11-4-2-3-5-12(11)16/h2-5,10H,6-9H2,1H3/t10-/m0/s1. The number of sulfone groups is 1. The van der Waals surface area contributed by atoms with Crippen molar-refractivity contribution in [3.63, 3.8) is 0 Å². The molecule has 25 heavy (non-hydrogen) atoms. The molecule has 0 N–H and O–H groups in total. The topological polar surface area (TPSA) is 93.4 Å². The van der Waals surface area contributed by atoms with Crippen molar-refractivity contribution in [3.8, 4) is 11.5 Å². The van der Waals surface area contributed by atoms with Crippen LogP contribution in [0.2, 0.25) is 0 Å². The highest BCUT2D eigenvalue weighted by Gasteiger charge is 2.32. The quantitative estimate of drug-likeness (QED) is 0.722. The maximum Gasteiger partial charge on any atom is 0.277 e. The fourth-order valence-corrected chi connectivity index (χ4v) is 4.98. The molecule has 0 bridgehead atoms. The first-order valence-electron chi connectivity index (χ1n) is 7.53. The van der Waals surface area contributed by atoms with Crippen molar-refractivity contribution in [2.75, 3.05) is 24.3 Å². The van der Waals surface area contributed by atoms with Gasteiger partial charge in [0.2, 0.25) is 5.91 Å². The lowest BCUT2D eigenvalue weighted by atomic mass is 10.2. The Bertz CT molecular complexity index is 884. The Morgan fingerprint density at radius 1 is 1.40 bits per heavy atom. The van der Waals surface area contributed by atoms with Gasteiger partial charge >= 0.3 is 0 Å². The van der Waals surface area contributed by atoms with Gasteiger partial charge in [-0.15, -0.1) is 10.2 Å². The molecule has 1 aromatic heterocycles. The third kappa shape index (κ3) is 4.18. The maximum absolute atomic E-state index is 13.7. The van der Waals surface area contributed by atoms with Crippen LogP contribution in [0.1, 0.15) is 6.42 Å². The smallest absolute Gasteiger partial charge is 0.277 e. The number of aromatic nitrogens is 2. The van der Waals surface area contributed by atoms with Crippen molar-refractivity contribution in [2.45, 2.75) is 17.7 Å². The van der Waals surface area contributed by atoms with Crippen LogP contribution in [-0.2, 0) is 14.6 Å². The number of amides is 1. The van der Waals surface area contributed by atoms with Crippen LogP contribution in [-0.4, -0.2) is 59.8 Å². The number of carbonyl (C=O) groups excluding carboxylic acids is 1. The van der Waals surface area contributed by atoms with Gasteiger partial charge in [0.15, 0.2) is 9.84 Å². The van der Waals surface area contributed by atoms with Gasteiger partial charge in [-0.2, -0.15) is 0 Å². The monoisotopic (exact) mass is 385 g/mol. The van der Waals surface area contributed by atoms with E-state index in [9.17, 15) is 17.6 Å². The van der Waals surface area contributed by atoms with Crippen molar-refractivity contribution in [1.82, 2.24) is 15.1 Å². The summed E-state index contributed by atoms with van der Waals surface area (Å²) < 4.78 is 42.1. The first-order chi connectivity index (χ1) is 11.9. The van der Waals surface area contributed by atoms with Gasteiger partial charge in [0.05, 0.1) is 22.8 Å². The van der Waals surface area contributed by atoms with Gasteiger partial charge in [-0.1, -0.05) is 23.9 Å². The van der Waals surface area contributed by atoms with Crippen LogP contribution in [0.3, 0.4) is 0 Å². The Morgan fingerprint density at radius 2 is 2.16 bits per heavy atom. The van der Waals surface area contributed by atoms with E-state index in [1.54, 1.807) is 19.2 Å². The summed E-state index contributed by atoms with van der Waals surface area (Å²) in [6, 6.07) is 5.73. The fraction of sp³-hybridized carbons (Fsp3) is 0.400. The van der Waals surface area contributed by atoms with E-state index in [2.05, 4.69) is 10.2 Å². The van der Waals surface area contributed by atoms with Crippen molar-refractivity contribution in [1.29, 1.82) is 0 Å². The first kappa shape index (κ1) is 17.9. The zero-order chi connectivity index (χ0) is 18.0. The highest BCUT2D eigenvalue weighted by Crippen LogP contribution is 2.25. The molecule has 10 heteroatoms. The number of rotatable bonds is 5. The third-order valence-corrected chi connectivity index (χ3v) is 6.53. The summed E-state index contributed by atoms with van der Waals surface area (Å²) in [5, 5.41) is 7.74. The molecule has 0 spiro atoms. The molecule has 134 valence electrons. The van der Waals surface area contributed by atoms with Gasteiger partial charge in [0, 0.05) is 13.1 Å². The van der Waals surface area contributed by atoms with E-state index < -0.39 is 15.7 Å². The molecule has 0 saturated carbocycles. The van der Waals surface area contributed by atoms with Crippen LogP contribution in [0.25, 0.3) is 11.5 Å². The lowest BCUT2D eigenvalue weighted by Gasteiger charge is -2.22. The molecule has 1 aromatic carbocycles. The molecule has 1 amide bonds. The molecule has 1 aliphatic heterocycles. The predicted molar refractivity (Wildman–Crippen MR) is 90.2 cm³/mol. The lowest BCUT2D eigenvalue weighted by molar-refractivity contribution is -0.128. The summed E-state index contributed by atoms with van der Waals surface area (Å²) in [5.41, 5.74) is 0.196. The second-order valence-corrected chi connectivity index (χ2v) is 8.86. The Kier molecular flexibility index (Phi) is 5.09. The zero-order valence-corrected chi connectivity index (χ0v) is 15.0. The molecule has 2 heterocycles. The second-order valence-electron chi connectivity index (χ2n) is 5.70. The normalized spacial score (nSPS) is 19.0. The highest BCUT2D eigenvalue weighted by molar-refractivity contribution is 7.99. The molecule has 1 fully saturated rings. The summed E-state index contributed by atoms with van der Waals surface area (Å²) in [7, 11) is -1.46. The molecule has 7 nitrogen and oxygen atoms in total. The number of carbonyl (C=O) groups is 1. The number of nitrogens with zero attached hydrogens (tertiary/aromatic N) is 3. The summed E-state index contributed by atoms with van der Waals surface area (Å²) in [6.07, 6.45) is 0.452. The van der Waals surface area contributed by atoms with E-state index in [0.29, 0.717) is 6.42 Å². The number of halogens is 1. The lowest BCUT2D eigenvalue weighted by Crippen LogP contribution is -2.38. The van der Waals surface area contributed by atoms with Crippen LogP contribution >= 0.6 is 11.8 Å². The summed E-state index contributed by atoms with van der Waals surface area (Å²) in [5.74, 6) is -0.510. The Labute approximate surface area is 148 Å². The summed E-state index contributed by atoms with van der Waals surface area (Å²) in [6.45, 7) is 0. The van der Waals surface area contributed by atoms with E-state index in [4.69, 9.17) is 4.42 Å². The largest absolute Gasteiger partial charge is 0.411 e. The third-order valence-electron chi connectivity index (χ3n) is 3.98. The second kappa shape index (κ2) is 7.12. The van der Waals surface area contributed by atoms with Gasteiger partial charge in [0.25, 0.3) is 11.1 Å². The summed E-state index contributed by atoms with van der Waals surface area (Å²) in [4.78, 5) is 13.7. The molecular weight excluding hydrogens is 369 g/mol. The first-order valence-corrected chi connectivity index (χ1v) is 10.3. The number of thioether (sulfide) groups is 1. The summed E-state index contributed by atoms with van der Waals surface area (Å²) >= 11 is 1.03. The highest BCUT2D eigenvalue weighted by atomic mass is 32.2. The van der Waals surface area contributed by atoms with Crippen LogP contribution in [0.5, 0.6) is 0 Å². The Balaban J connectivity index is 1.59. The molecule has 0 aliphatic carbocycles. The number of hydrogen-bond donors (Lipinski definition) is 0. The van der Waals surface area contributed by atoms with E-state index in [-0.39, 0.29) is 45.9 Å². The van der Waals surface area contributed by atoms with E-state index in [1.165, 1.54) is 17.0 Å². The van der Waals surface area contributed by atoms with Crippen LogP contribution in [0, 0.1) is 5.82 Å². The van der Waals surface area contributed by atoms with Crippen LogP contribution in [0.4, 0.5) is 4.39 Å². The average Bonchev–Trinajstić information content (AvgIpc) is 3.18. The van der Waals surface area contributed by atoms with Gasteiger partial charge in [-0.3, -0.25) is 4.79 Å². The molecule has 1 saturated heterocycles.